The highest BCUT2D eigenvalue weighted by Crippen LogP contribution is 2.19. The maximum Gasteiger partial charge on any atom is 0.198 e. The van der Waals surface area contributed by atoms with Gasteiger partial charge < -0.3 is 10.7 Å². The molecule has 2 aromatic heterocycles. The molecular weight excluding hydrogens is 164 g/mol. The highest BCUT2D eigenvalue weighted by atomic mass is 15.0. The van der Waals surface area contributed by atoms with Gasteiger partial charge in [-0.15, -0.1) is 0 Å². The summed E-state index contributed by atoms with van der Waals surface area (Å²) in [5.74, 6) is 0.456. The van der Waals surface area contributed by atoms with Gasteiger partial charge in [0.1, 0.15) is 0 Å². The van der Waals surface area contributed by atoms with Crippen LogP contribution in [0.3, 0.4) is 0 Å². The smallest absolute Gasteiger partial charge is 0.198 e. The van der Waals surface area contributed by atoms with E-state index in [-0.39, 0.29) is 0 Å². The molecule has 3 N–H and O–H groups in total. The number of nitrogens with one attached hydrogen (secondary N) is 1. The van der Waals surface area contributed by atoms with E-state index in [1.807, 2.05) is 6.92 Å². The molecule has 0 unspecified atom stereocenters. The van der Waals surface area contributed by atoms with Crippen LogP contribution < -0.4 is 5.73 Å². The van der Waals surface area contributed by atoms with Crippen LogP contribution in [0.25, 0.3) is 11.0 Å². The second-order valence-electron chi connectivity index (χ2n) is 3.06. The first-order valence-electron chi connectivity index (χ1n) is 4.32. The third kappa shape index (κ3) is 1.14. The maximum atomic E-state index is 5.57. The zero-order valence-corrected chi connectivity index (χ0v) is 7.76. The number of anilines is 1. The number of aromatic amines is 1. The highest BCUT2D eigenvalue weighted by Gasteiger charge is 2.07. The summed E-state index contributed by atoms with van der Waals surface area (Å²) >= 11 is 0. The van der Waals surface area contributed by atoms with Gasteiger partial charge in [0.25, 0.3) is 0 Å². The minimum Gasteiger partial charge on any atom is -0.369 e. The van der Waals surface area contributed by atoms with Crippen molar-refractivity contribution in [2.24, 2.45) is 0 Å². The number of nitrogen functional groups attached to an aromatic ring is 1. The van der Waals surface area contributed by atoms with Crippen molar-refractivity contribution < 1.29 is 0 Å². The SMILES string of the molecule is CCc1c(C)ncc2[nH]c(N)nc12. The van der Waals surface area contributed by atoms with E-state index in [0.29, 0.717) is 5.95 Å². The van der Waals surface area contributed by atoms with Crippen molar-refractivity contribution in [2.45, 2.75) is 20.3 Å². The fraction of sp³-hybridized carbons (Fsp3) is 0.333. The Balaban J connectivity index is 2.82. The topological polar surface area (TPSA) is 67.6 Å². The monoisotopic (exact) mass is 176 g/mol. The maximum absolute atomic E-state index is 5.57. The van der Waals surface area contributed by atoms with Crippen LogP contribution in [0.4, 0.5) is 5.95 Å². The minimum atomic E-state index is 0.456. The lowest BCUT2D eigenvalue weighted by Gasteiger charge is -2.00. The molecule has 2 aromatic rings. The van der Waals surface area contributed by atoms with E-state index in [0.717, 1.165) is 23.1 Å². The van der Waals surface area contributed by atoms with Crippen LogP contribution in [0, 0.1) is 6.92 Å². The van der Waals surface area contributed by atoms with Gasteiger partial charge in [-0.25, -0.2) is 4.98 Å². The van der Waals surface area contributed by atoms with Crippen LogP contribution >= 0.6 is 0 Å². The van der Waals surface area contributed by atoms with Gasteiger partial charge in [-0.05, 0) is 13.3 Å². The first-order chi connectivity index (χ1) is 6.22. The number of hydrogen-bond donors (Lipinski definition) is 2. The summed E-state index contributed by atoms with van der Waals surface area (Å²) < 4.78 is 0. The lowest BCUT2D eigenvalue weighted by atomic mass is 10.1. The standard InChI is InChI=1S/C9H12N4/c1-3-6-5(2)11-4-7-8(6)13-9(10)12-7/h4H,3H2,1-2H3,(H3,10,12,13). The molecule has 4 heteroatoms. The molecule has 2 rings (SSSR count). The van der Waals surface area contributed by atoms with Gasteiger partial charge in [-0.2, -0.15) is 0 Å². The van der Waals surface area contributed by atoms with E-state index < -0.39 is 0 Å². The van der Waals surface area contributed by atoms with Gasteiger partial charge in [0.15, 0.2) is 5.95 Å². The second-order valence-corrected chi connectivity index (χ2v) is 3.06. The van der Waals surface area contributed by atoms with Crippen LogP contribution in [-0.2, 0) is 6.42 Å². The molecule has 2 heterocycles. The Morgan fingerprint density at radius 3 is 3.00 bits per heavy atom. The van der Waals surface area contributed by atoms with Crippen LogP contribution in [0.2, 0.25) is 0 Å². The Morgan fingerprint density at radius 2 is 2.31 bits per heavy atom. The number of hydrogen-bond acceptors (Lipinski definition) is 3. The molecule has 13 heavy (non-hydrogen) atoms. The lowest BCUT2D eigenvalue weighted by molar-refractivity contribution is 1.06. The van der Waals surface area contributed by atoms with E-state index in [1.54, 1.807) is 6.20 Å². The molecule has 0 aliphatic heterocycles. The zero-order chi connectivity index (χ0) is 9.42. The highest BCUT2D eigenvalue weighted by molar-refractivity contribution is 5.80. The van der Waals surface area contributed by atoms with E-state index >= 15 is 0 Å². The zero-order valence-electron chi connectivity index (χ0n) is 7.76. The quantitative estimate of drug-likeness (QED) is 0.690. The largest absolute Gasteiger partial charge is 0.369 e. The summed E-state index contributed by atoms with van der Waals surface area (Å²) in [6.45, 7) is 4.08. The lowest BCUT2D eigenvalue weighted by Crippen LogP contribution is -1.92. The Hall–Kier alpha value is -1.58. The number of H-pyrrole nitrogens is 1. The van der Waals surface area contributed by atoms with Crippen LogP contribution in [0.5, 0.6) is 0 Å². The number of fused-ring (bicyclic) bond motifs is 1. The summed E-state index contributed by atoms with van der Waals surface area (Å²) in [4.78, 5) is 11.5. The van der Waals surface area contributed by atoms with Gasteiger partial charge in [0, 0.05) is 11.3 Å². The number of aromatic nitrogens is 3. The van der Waals surface area contributed by atoms with Gasteiger partial charge in [0.05, 0.1) is 17.2 Å². The van der Waals surface area contributed by atoms with Crippen molar-refractivity contribution in [1.82, 2.24) is 15.0 Å². The van der Waals surface area contributed by atoms with Crippen molar-refractivity contribution in [3.8, 4) is 0 Å². The van der Waals surface area contributed by atoms with Gasteiger partial charge in [-0.1, -0.05) is 6.92 Å². The molecular formula is C9H12N4. The molecule has 0 saturated carbocycles. The van der Waals surface area contributed by atoms with E-state index in [9.17, 15) is 0 Å². The summed E-state index contributed by atoms with van der Waals surface area (Å²) in [6, 6.07) is 0. The molecule has 0 aliphatic carbocycles. The third-order valence-electron chi connectivity index (χ3n) is 2.21. The number of rotatable bonds is 1. The first kappa shape index (κ1) is 8.04. The predicted octanol–water partition coefficient (Wildman–Crippen LogP) is 1.41. The molecule has 0 aliphatic rings. The van der Waals surface area contributed by atoms with Crippen molar-refractivity contribution in [2.75, 3.05) is 5.73 Å². The molecule has 0 radical (unpaired) electrons. The normalized spacial score (nSPS) is 10.9. The van der Waals surface area contributed by atoms with E-state index in [2.05, 4.69) is 21.9 Å². The van der Waals surface area contributed by atoms with E-state index in [1.165, 1.54) is 5.56 Å². The van der Waals surface area contributed by atoms with Crippen LogP contribution in [0.15, 0.2) is 6.20 Å². The first-order valence-corrected chi connectivity index (χ1v) is 4.32. The van der Waals surface area contributed by atoms with Crippen LogP contribution in [0.1, 0.15) is 18.2 Å². The molecule has 4 nitrogen and oxygen atoms in total. The molecule has 68 valence electrons. The fourth-order valence-electron chi connectivity index (χ4n) is 1.56. The summed E-state index contributed by atoms with van der Waals surface area (Å²) in [7, 11) is 0. The Kier molecular flexibility index (Phi) is 1.69. The minimum absolute atomic E-state index is 0.456. The fourth-order valence-corrected chi connectivity index (χ4v) is 1.56. The Morgan fingerprint density at radius 1 is 1.54 bits per heavy atom. The molecule has 0 bridgehead atoms. The Bertz CT molecular complexity index is 444. The third-order valence-corrected chi connectivity index (χ3v) is 2.21. The summed E-state index contributed by atoms with van der Waals surface area (Å²) in [6.07, 6.45) is 2.70. The molecule has 0 saturated heterocycles. The second kappa shape index (κ2) is 2.73. The van der Waals surface area contributed by atoms with Gasteiger partial charge in [0.2, 0.25) is 0 Å². The van der Waals surface area contributed by atoms with E-state index in [4.69, 9.17) is 5.73 Å². The predicted molar refractivity (Wildman–Crippen MR) is 52.4 cm³/mol. The van der Waals surface area contributed by atoms with Crippen molar-refractivity contribution >= 4 is 17.0 Å². The summed E-state index contributed by atoms with van der Waals surface area (Å²) in [5.41, 5.74) is 9.64. The number of pyridine rings is 1. The average Bonchev–Trinajstić information content (AvgIpc) is 2.45. The molecule has 0 fully saturated rings. The molecule has 0 atom stereocenters. The molecule has 0 aromatic carbocycles. The number of nitrogens with two attached hydrogens (primary N) is 1. The van der Waals surface area contributed by atoms with Crippen molar-refractivity contribution in [3.63, 3.8) is 0 Å². The summed E-state index contributed by atoms with van der Waals surface area (Å²) in [5, 5.41) is 0. The van der Waals surface area contributed by atoms with Crippen molar-refractivity contribution in [1.29, 1.82) is 0 Å². The molecule has 0 spiro atoms. The van der Waals surface area contributed by atoms with Gasteiger partial charge >= 0.3 is 0 Å². The van der Waals surface area contributed by atoms with Gasteiger partial charge in [-0.3, -0.25) is 4.98 Å². The molecule has 0 amide bonds. The van der Waals surface area contributed by atoms with Crippen LogP contribution in [-0.4, -0.2) is 15.0 Å². The number of imidazole rings is 1. The number of aryl methyl sites for hydroxylation is 2. The van der Waals surface area contributed by atoms with Crippen molar-refractivity contribution in [3.05, 3.63) is 17.5 Å². The number of nitrogens with zero attached hydrogens (tertiary/aromatic N) is 2. The Labute approximate surface area is 76.2 Å². The average molecular weight is 176 g/mol.